The van der Waals surface area contributed by atoms with Gasteiger partial charge in [0.05, 0.1) is 0 Å². The van der Waals surface area contributed by atoms with Gasteiger partial charge in [-0.1, -0.05) is 18.2 Å². The van der Waals surface area contributed by atoms with E-state index in [4.69, 9.17) is 10.2 Å². The quantitative estimate of drug-likeness (QED) is 0.616. The summed E-state index contributed by atoms with van der Waals surface area (Å²) in [5, 5.41) is 17.3. The van der Waals surface area contributed by atoms with E-state index in [1.807, 2.05) is 6.07 Å². The summed E-state index contributed by atoms with van der Waals surface area (Å²) in [5.41, 5.74) is 0. The normalized spacial score (nSPS) is 8.71. The molecule has 17 heavy (non-hydrogen) atoms. The van der Waals surface area contributed by atoms with Gasteiger partial charge in [-0.2, -0.15) is 0 Å². The molecule has 0 heterocycles. The summed E-state index contributed by atoms with van der Waals surface area (Å²) in [6, 6.07) is 14.6. The van der Waals surface area contributed by atoms with Gasteiger partial charge in [0, 0.05) is 0 Å². The van der Waals surface area contributed by atoms with Crippen LogP contribution in [0.1, 0.15) is 0 Å². The molecule has 4 nitrogen and oxygen atoms in total. The fourth-order valence-electron chi connectivity index (χ4n) is 1.01. The number of carbonyl (C=O) groups is 1. The highest BCUT2D eigenvalue weighted by molar-refractivity contribution is 5.44. The fraction of sp³-hybridized carbons (Fsp3) is 0. The first-order chi connectivity index (χ1) is 8.22. The molecule has 0 aliphatic rings. The number of ether oxygens (including phenoxy) is 1. The minimum absolute atomic E-state index is 0.169. The zero-order chi connectivity index (χ0) is 12.5. The third kappa shape index (κ3) is 5.22. The molecule has 2 N–H and O–H groups in total. The SMILES string of the molecule is O=COc1ccccc1.Oc1ccc(O)cc1. The number of aromatic hydroxyl groups is 2. The summed E-state index contributed by atoms with van der Waals surface area (Å²) in [4.78, 5) is 9.75. The van der Waals surface area contributed by atoms with Crippen molar-refractivity contribution in [2.75, 3.05) is 0 Å². The van der Waals surface area contributed by atoms with Gasteiger partial charge in [-0.3, -0.25) is 4.79 Å². The molecule has 2 aromatic carbocycles. The first kappa shape index (κ1) is 12.6. The standard InChI is InChI=1S/C7H6O2.C6H6O2/c8-6-9-7-4-2-1-3-5-7;7-5-1-2-6(8)4-3-5/h1-6H;1-4,7-8H. The smallest absolute Gasteiger partial charge is 0.298 e. The lowest BCUT2D eigenvalue weighted by atomic mass is 10.3. The van der Waals surface area contributed by atoms with Gasteiger partial charge in [-0.25, -0.2) is 0 Å². The van der Waals surface area contributed by atoms with Crippen LogP contribution in [0.5, 0.6) is 17.2 Å². The fourth-order valence-corrected chi connectivity index (χ4v) is 1.01. The molecule has 0 fully saturated rings. The Morgan fingerprint density at radius 2 is 1.29 bits per heavy atom. The Labute approximate surface area is 98.7 Å². The molecule has 2 aromatic rings. The first-order valence-electron chi connectivity index (χ1n) is 4.85. The van der Waals surface area contributed by atoms with E-state index in [-0.39, 0.29) is 11.5 Å². The number of phenols is 2. The maximum atomic E-state index is 9.75. The maximum Gasteiger partial charge on any atom is 0.298 e. The molecule has 0 aliphatic heterocycles. The van der Waals surface area contributed by atoms with Crippen LogP contribution in [0.4, 0.5) is 0 Å². The minimum Gasteiger partial charge on any atom is -0.508 e. The van der Waals surface area contributed by atoms with Crippen LogP contribution >= 0.6 is 0 Å². The average Bonchev–Trinajstić information content (AvgIpc) is 2.36. The maximum absolute atomic E-state index is 9.75. The van der Waals surface area contributed by atoms with E-state index in [2.05, 4.69) is 4.74 Å². The lowest BCUT2D eigenvalue weighted by Crippen LogP contribution is -1.85. The average molecular weight is 232 g/mol. The topological polar surface area (TPSA) is 66.8 Å². The number of phenolic OH excluding ortho intramolecular Hbond substituents is 2. The van der Waals surface area contributed by atoms with Crippen LogP contribution < -0.4 is 4.74 Å². The van der Waals surface area contributed by atoms with Gasteiger partial charge in [-0.15, -0.1) is 0 Å². The molecule has 0 aromatic heterocycles. The minimum atomic E-state index is 0.169. The van der Waals surface area contributed by atoms with Gasteiger partial charge in [0.25, 0.3) is 6.47 Å². The van der Waals surface area contributed by atoms with Crippen molar-refractivity contribution >= 4 is 6.47 Å². The Balaban J connectivity index is 0.000000171. The van der Waals surface area contributed by atoms with Gasteiger partial charge in [0.1, 0.15) is 17.2 Å². The zero-order valence-electron chi connectivity index (χ0n) is 8.98. The largest absolute Gasteiger partial charge is 0.508 e. The molecule has 0 radical (unpaired) electrons. The van der Waals surface area contributed by atoms with Gasteiger partial charge >= 0.3 is 0 Å². The summed E-state index contributed by atoms with van der Waals surface area (Å²) in [7, 11) is 0. The predicted octanol–water partition coefficient (Wildman–Crippen LogP) is 2.32. The highest BCUT2D eigenvalue weighted by Crippen LogP contribution is 2.13. The summed E-state index contributed by atoms with van der Waals surface area (Å²) < 4.78 is 4.53. The van der Waals surface area contributed by atoms with Gasteiger partial charge < -0.3 is 14.9 Å². The molecule has 0 unspecified atom stereocenters. The van der Waals surface area contributed by atoms with Crippen LogP contribution in [0, 0.1) is 0 Å². The molecule has 0 aliphatic carbocycles. The van der Waals surface area contributed by atoms with Crippen molar-refractivity contribution in [3.05, 3.63) is 54.6 Å². The Morgan fingerprint density at radius 1 is 0.824 bits per heavy atom. The summed E-state index contributed by atoms with van der Waals surface area (Å²) in [6.07, 6.45) is 0. The van der Waals surface area contributed by atoms with Crippen molar-refractivity contribution in [1.82, 2.24) is 0 Å². The van der Waals surface area contributed by atoms with E-state index in [0.29, 0.717) is 12.2 Å². The van der Waals surface area contributed by atoms with E-state index in [1.54, 1.807) is 24.3 Å². The Morgan fingerprint density at radius 3 is 1.71 bits per heavy atom. The van der Waals surface area contributed by atoms with Crippen LogP contribution in [0.25, 0.3) is 0 Å². The lowest BCUT2D eigenvalue weighted by Gasteiger charge is -1.92. The van der Waals surface area contributed by atoms with Crippen LogP contribution in [-0.4, -0.2) is 16.7 Å². The predicted molar refractivity (Wildman–Crippen MR) is 62.9 cm³/mol. The molecule has 4 heteroatoms. The molecule has 0 amide bonds. The first-order valence-corrected chi connectivity index (χ1v) is 4.85. The third-order valence-electron chi connectivity index (χ3n) is 1.78. The Hall–Kier alpha value is -2.49. The van der Waals surface area contributed by atoms with Crippen LogP contribution in [-0.2, 0) is 4.79 Å². The van der Waals surface area contributed by atoms with E-state index < -0.39 is 0 Å². The third-order valence-corrected chi connectivity index (χ3v) is 1.78. The van der Waals surface area contributed by atoms with Crippen molar-refractivity contribution in [3.63, 3.8) is 0 Å². The van der Waals surface area contributed by atoms with Crippen molar-refractivity contribution in [1.29, 1.82) is 0 Å². The summed E-state index contributed by atoms with van der Waals surface area (Å²) >= 11 is 0. The molecule has 0 atom stereocenters. The molecule has 0 spiro atoms. The monoisotopic (exact) mass is 232 g/mol. The van der Waals surface area contributed by atoms with E-state index >= 15 is 0 Å². The second-order valence-corrected chi connectivity index (χ2v) is 3.04. The lowest BCUT2D eigenvalue weighted by molar-refractivity contribution is -0.120. The second-order valence-electron chi connectivity index (χ2n) is 3.04. The molecule has 0 saturated carbocycles. The summed E-state index contributed by atoms with van der Waals surface area (Å²) in [5.74, 6) is 0.915. The molecular weight excluding hydrogens is 220 g/mol. The number of benzene rings is 2. The highest BCUT2D eigenvalue weighted by Gasteiger charge is 1.85. The molecule has 88 valence electrons. The second kappa shape index (κ2) is 6.90. The Bertz CT molecular complexity index is 416. The van der Waals surface area contributed by atoms with Crippen molar-refractivity contribution in [3.8, 4) is 17.2 Å². The molecular formula is C13H12O4. The Kier molecular flexibility index (Phi) is 5.10. The number of hydrogen-bond acceptors (Lipinski definition) is 4. The number of hydrogen-bond donors (Lipinski definition) is 2. The number of carbonyl (C=O) groups excluding carboxylic acids is 1. The van der Waals surface area contributed by atoms with Crippen molar-refractivity contribution in [2.45, 2.75) is 0 Å². The zero-order valence-corrected chi connectivity index (χ0v) is 8.98. The highest BCUT2D eigenvalue weighted by atomic mass is 16.5. The van der Waals surface area contributed by atoms with E-state index in [9.17, 15) is 4.79 Å². The van der Waals surface area contributed by atoms with E-state index in [1.165, 1.54) is 24.3 Å². The van der Waals surface area contributed by atoms with Crippen LogP contribution in [0.3, 0.4) is 0 Å². The summed E-state index contributed by atoms with van der Waals surface area (Å²) in [6.45, 7) is 0.412. The van der Waals surface area contributed by atoms with Gasteiger partial charge in [0.15, 0.2) is 0 Å². The van der Waals surface area contributed by atoms with Crippen molar-refractivity contribution < 1.29 is 19.7 Å². The molecule has 0 bridgehead atoms. The van der Waals surface area contributed by atoms with E-state index in [0.717, 1.165) is 0 Å². The van der Waals surface area contributed by atoms with Crippen LogP contribution in [0.2, 0.25) is 0 Å². The number of rotatable bonds is 2. The molecule has 0 saturated heterocycles. The van der Waals surface area contributed by atoms with Gasteiger partial charge in [-0.05, 0) is 36.4 Å². The van der Waals surface area contributed by atoms with Gasteiger partial charge in [0.2, 0.25) is 0 Å². The number of para-hydroxylation sites is 1. The van der Waals surface area contributed by atoms with Crippen molar-refractivity contribution in [2.24, 2.45) is 0 Å². The van der Waals surface area contributed by atoms with Crippen LogP contribution in [0.15, 0.2) is 54.6 Å². The molecule has 2 rings (SSSR count).